The molecule has 5 heterocycles. The molecule has 0 radical (unpaired) electrons. The summed E-state index contributed by atoms with van der Waals surface area (Å²) in [6, 6.07) is 16.3. The van der Waals surface area contributed by atoms with Crippen molar-refractivity contribution in [2.45, 2.75) is 55.9 Å². The summed E-state index contributed by atoms with van der Waals surface area (Å²) in [5, 5.41) is 6.21. The largest absolute Gasteiger partial charge is 0.461 e. The molecular formula is C32H34F2N6O. The van der Waals surface area contributed by atoms with E-state index in [2.05, 4.69) is 20.1 Å². The summed E-state index contributed by atoms with van der Waals surface area (Å²) in [4.78, 5) is 14.0. The molecule has 9 heteroatoms. The lowest BCUT2D eigenvalue weighted by molar-refractivity contribution is 0.107. The first-order valence-corrected chi connectivity index (χ1v) is 14.8. The molecule has 1 aromatic heterocycles. The van der Waals surface area contributed by atoms with Crippen LogP contribution in [0.25, 0.3) is 32.8 Å². The van der Waals surface area contributed by atoms with Crippen LogP contribution in [0.5, 0.6) is 6.01 Å². The second kappa shape index (κ2) is 9.49. The Kier molecular flexibility index (Phi) is 5.83. The van der Waals surface area contributed by atoms with Gasteiger partial charge in [0.2, 0.25) is 0 Å². The van der Waals surface area contributed by atoms with Gasteiger partial charge in [-0.15, -0.1) is 0 Å². The van der Waals surface area contributed by atoms with Crippen LogP contribution in [-0.2, 0) is 0 Å². The van der Waals surface area contributed by atoms with Crippen LogP contribution in [-0.4, -0.2) is 71.4 Å². The van der Waals surface area contributed by atoms with E-state index < -0.39 is 12.0 Å². The molecule has 4 atom stereocenters. The smallest absolute Gasteiger partial charge is 0.319 e. The van der Waals surface area contributed by atoms with Crippen molar-refractivity contribution < 1.29 is 13.5 Å². The Morgan fingerprint density at radius 3 is 2.68 bits per heavy atom. The number of hydrogen-bond acceptors (Lipinski definition) is 7. The van der Waals surface area contributed by atoms with Crippen LogP contribution in [0.3, 0.4) is 0 Å². The number of halogens is 2. The fourth-order valence-corrected chi connectivity index (χ4v) is 7.81. The number of hydrogen-bond donors (Lipinski definition) is 2. The lowest BCUT2D eigenvalue weighted by Gasteiger charge is -2.34. The first-order chi connectivity index (χ1) is 20.0. The first-order valence-electron chi connectivity index (χ1n) is 14.8. The molecule has 212 valence electrons. The second-order valence-corrected chi connectivity index (χ2v) is 12.3. The summed E-state index contributed by atoms with van der Waals surface area (Å²) in [7, 11) is 0. The molecule has 0 amide bonds. The van der Waals surface area contributed by atoms with Crippen LogP contribution >= 0.6 is 0 Å². The van der Waals surface area contributed by atoms with Gasteiger partial charge in [-0.25, -0.2) is 8.78 Å². The predicted octanol–water partition coefficient (Wildman–Crippen LogP) is 5.07. The quantitative estimate of drug-likeness (QED) is 0.333. The lowest BCUT2D eigenvalue weighted by atomic mass is 9.95. The highest BCUT2D eigenvalue weighted by atomic mass is 19.1. The molecule has 4 fully saturated rings. The van der Waals surface area contributed by atoms with Crippen molar-refractivity contribution in [2.75, 3.05) is 43.4 Å². The average Bonchev–Trinajstić information content (AvgIpc) is 3.61. The number of ether oxygens (including phenoxy) is 1. The van der Waals surface area contributed by atoms with E-state index in [1.165, 1.54) is 0 Å². The second-order valence-electron chi connectivity index (χ2n) is 12.3. The van der Waals surface area contributed by atoms with E-state index in [4.69, 9.17) is 15.5 Å². The van der Waals surface area contributed by atoms with Gasteiger partial charge in [0.15, 0.2) is 5.82 Å². The minimum absolute atomic E-state index is 0.149. The third-order valence-corrected chi connectivity index (χ3v) is 9.69. The third kappa shape index (κ3) is 4.20. The number of anilines is 2. The molecular weight excluding hydrogens is 522 g/mol. The van der Waals surface area contributed by atoms with Gasteiger partial charge in [0.05, 0.1) is 5.54 Å². The molecule has 2 unspecified atom stereocenters. The van der Waals surface area contributed by atoms with E-state index in [0.717, 1.165) is 61.7 Å². The summed E-state index contributed by atoms with van der Waals surface area (Å²) >= 11 is 0. The zero-order valence-corrected chi connectivity index (χ0v) is 23.0. The lowest BCUT2D eigenvalue weighted by Crippen LogP contribution is -2.51. The van der Waals surface area contributed by atoms with Crippen molar-refractivity contribution in [1.29, 1.82) is 0 Å². The number of piperazine rings is 1. The number of benzene rings is 3. The predicted molar refractivity (Wildman–Crippen MR) is 158 cm³/mol. The Labute approximate surface area is 237 Å². The van der Waals surface area contributed by atoms with E-state index in [9.17, 15) is 4.39 Å². The number of nitrogens with one attached hydrogen (secondary N) is 1. The van der Waals surface area contributed by atoms with Gasteiger partial charge in [-0.2, -0.15) is 9.97 Å². The van der Waals surface area contributed by atoms with Gasteiger partial charge in [0.25, 0.3) is 0 Å². The zero-order valence-electron chi connectivity index (χ0n) is 23.0. The van der Waals surface area contributed by atoms with Crippen molar-refractivity contribution in [2.24, 2.45) is 0 Å². The van der Waals surface area contributed by atoms with Crippen LogP contribution in [0, 0.1) is 5.82 Å². The normalized spacial score (nSPS) is 27.7. The maximum Gasteiger partial charge on any atom is 0.319 e. The monoisotopic (exact) mass is 556 g/mol. The van der Waals surface area contributed by atoms with Crippen molar-refractivity contribution in [1.82, 2.24) is 20.2 Å². The van der Waals surface area contributed by atoms with E-state index in [1.807, 2.05) is 48.5 Å². The first kappa shape index (κ1) is 25.2. The number of alkyl halides is 1. The number of fused-ring (bicyclic) bond motifs is 5. The molecule has 7 nitrogen and oxygen atoms in total. The Morgan fingerprint density at radius 1 is 1.00 bits per heavy atom. The number of aromatic nitrogens is 2. The number of nitrogens with zero attached hydrogens (tertiary/aromatic N) is 4. The highest BCUT2D eigenvalue weighted by Gasteiger charge is 2.49. The van der Waals surface area contributed by atoms with E-state index >= 15 is 4.39 Å². The van der Waals surface area contributed by atoms with E-state index in [0.29, 0.717) is 54.1 Å². The number of rotatable bonds is 5. The Hall–Kier alpha value is -3.56. The highest BCUT2D eigenvalue weighted by Crippen LogP contribution is 2.41. The fraction of sp³-hybridized carbons (Fsp3) is 0.438. The van der Waals surface area contributed by atoms with Gasteiger partial charge in [-0.3, -0.25) is 4.90 Å². The van der Waals surface area contributed by atoms with E-state index in [-0.39, 0.29) is 17.1 Å². The molecule has 4 aliphatic heterocycles. The molecule has 3 N–H and O–H groups in total. The van der Waals surface area contributed by atoms with Crippen LogP contribution in [0.4, 0.5) is 20.3 Å². The SMILES string of the molecule is Nc1cc(-c2ccc3c(N4CC5CCC(C4)N5)nc(OC[C@@]45CCCN4C[C@H](F)C5)nc3c2F)c2ccccc2c1. The standard InChI is InChI=1S/C32H34F2N6O/c33-20-14-32(10-3-11-40(32)15-20)18-41-31-37-29-26(30(38-31)39-16-22-6-7-23(17-39)36-22)9-8-25(28(29)34)27-13-21(35)12-19-4-1-2-5-24(19)27/h1-2,4-5,8-9,12-13,20,22-23,36H,3,6-7,10-11,14-18,35H2/t20-,22?,23?,32+/m1/s1. The van der Waals surface area contributed by atoms with Gasteiger partial charge in [-0.1, -0.05) is 30.3 Å². The Morgan fingerprint density at radius 2 is 1.83 bits per heavy atom. The summed E-state index contributed by atoms with van der Waals surface area (Å²) in [5.74, 6) is 0.275. The summed E-state index contributed by atoms with van der Waals surface area (Å²) < 4.78 is 37.3. The topological polar surface area (TPSA) is 79.5 Å². The van der Waals surface area contributed by atoms with Crippen molar-refractivity contribution in [3.05, 3.63) is 54.3 Å². The van der Waals surface area contributed by atoms with Gasteiger partial charge >= 0.3 is 6.01 Å². The Balaban J connectivity index is 1.24. The molecule has 3 aromatic carbocycles. The average molecular weight is 557 g/mol. The minimum Gasteiger partial charge on any atom is -0.461 e. The van der Waals surface area contributed by atoms with Gasteiger partial charge in [0.1, 0.15) is 24.1 Å². The van der Waals surface area contributed by atoms with Crippen molar-refractivity contribution in [3.8, 4) is 17.1 Å². The molecule has 0 saturated carbocycles. The fourth-order valence-electron chi connectivity index (χ4n) is 7.81. The van der Waals surface area contributed by atoms with Gasteiger partial charge < -0.3 is 20.7 Å². The highest BCUT2D eigenvalue weighted by molar-refractivity contribution is 6.02. The maximum atomic E-state index is 16.6. The molecule has 0 aliphatic carbocycles. The molecule has 8 rings (SSSR count). The van der Waals surface area contributed by atoms with Crippen LogP contribution < -0.4 is 20.7 Å². The van der Waals surface area contributed by atoms with Crippen LogP contribution in [0.15, 0.2) is 48.5 Å². The summed E-state index contributed by atoms with van der Waals surface area (Å²) in [6.07, 6.45) is 3.76. The molecule has 4 saturated heterocycles. The number of nitrogens with two attached hydrogens (primary N) is 1. The molecule has 41 heavy (non-hydrogen) atoms. The summed E-state index contributed by atoms with van der Waals surface area (Å²) in [6.45, 7) is 3.22. The molecule has 4 aliphatic rings. The van der Waals surface area contributed by atoms with Crippen molar-refractivity contribution in [3.63, 3.8) is 0 Å². The molecule has 4 aromatic rings. The van der Waals surface area contributed by atoms with E-state index in [1.54, 1.807) is 0 Å². The minimum atomic E-state index is -0.851. The summed E-state index contributed by atoms with van der Waals surface area (Å²) in [5.41, 5.74) is 7.87. The maximum absolute atomic E-state index is 16.6. The Bertz CT molecular complexity index is 1650. The van der Waals surface area contributed by atoms with Crippen LogP contribution in [0.1, 0.15) is 32.1 Å². The molecule has 2 bridgehead atoms. The number of nitrogen functional groups attached to an aromatic ring is 1. The van der Waals surface area contributed by atoms with Crippen LogP contribution in [0.2, 0.25) is 0 Å². The molecule has 0 spiro atoms. The zero-order chi connectivity index (χ0) is 27.7. The van der Waals surface area contributed by atoms with Crippen molar-refractivity contribution >= 4 is 33.2 Å². The van der Waals surface area contributed by atoms with Gasteiger partial charge in [-0.05, 0) is 66.8 Å². The van der Waals surface area contributed by atoms with Gasteiger partial charge in [0, 0.05) is 54.8 Å². The third-order valence-electron chi connectivity index (χ3n) is 9.69.